The SMILES string of the molecule is CCN(CC(=O)OC)C(=O)c1cccc(-c2nn[nH]n2)c1. The molecule has 1 heterocycles. The molecule has 0 aliphatic heterocycles. The van der Waals surface area contributed by atoms with E-state index >= 15 is 0 Å². The highest BCUT2D eigenvalue weighted by Gasteiger charge is 2.18. The van der Waals surface area contributed by atoms with Gasteiger partial charge in [0.1, 0.15) is 6.54 Å². The van der Waals surface area contributed by atoms with Crippen molar-refractivity contribution in [3.63, 3.8) is 0 Å². The monoisotopic (exact) mass is 289 g/mol. The maximum atomic E-state index is 12.4. The Kier molecular flexibility index (Phi) is 4.60. The van der Waals surface area contributed by atoms with Crippen molar-refractivity contribution in [2.75, 3.05) is 20.2 Å². The van der Waals surface area contributed by atoms with Gasteiger partial charge in [-0.2, -0.15) is 5.21 Å². The van der Waals surface area contributed by atoms with Gasteiger partial charge in [-0.15, -0.1) is 10.2 Å². The van der Waals surface area contributed by atoms with Crippen LogP contribution >= 0.6 is 0 Å². The molecule has 0 atom stereocenters. The van der Waals surface area contributed by atoms with Crippen LogP contribution in [0.15, 0.2) is 24.3 Å². The molecule has 0 saturated carbocycles. The summed E-state index contributed by atoms with van der Waals surface area (Å²) in [6.07, 6.45) is 0. The van der Waals surface area contributed by atoms with E-state index in [0.717, 1.165) is 0 Å². The second-order valence-corrected chi connectivity index (χ2v) is 4.21. The van der Waals surface area contributed by atoms with E-state index in [1.807, 2.05) is 0 Å². The maximum Gasteiger partial charge on any atom is 0.325 e. The van der Waals surface area contributed by atoms with Crippen molar-refractivity contribution >= 4 is 11.9 Å². The molecule has 0 spiro atoms. The van der Waals surface area contributed by atoms with Crippen LogP contribution in [0.1, 0.15) is 17.3 Å². The molecule has 0 saturated heterocycles. The van der Waals surface area contributed by atoms with Gasteiger partial charge >= 0.3 is 5.97 Å². The summed E-state index contributed by atoms with van der Waals surface area (Å²) in [4.78, 5) is 25.1. The van der Waals surface area contributed by atoms with Crippen LogP contribution in [-0.4, -0.2) is 57.6 Å². The molecular formula is C13H15N5O3. The van der Waals surface area contributed by atoms with Gasteiger partial charge < -0.3 is 9.64 Å². The number of benzene rings is 1. The Balaban J connectivity index is 2.22. The number of ether oxygens (including phenoxy) is 1. The van der Waals surface area contributed by atoms with Crippen molar-refractivity contribution in [2.45, 2.75) is 6.92 Å². The van der Waals surface area contributed by atoms with Crippen LogP contribution in [0.4, 0.5) is 0 Å². The van der Waals surface area contributed by atoms with Gasteiger partial charge in [0, 0.05) is 17.7 Å². The predicted molar refractivity (Wildman–Crippen MR) is 73.2 cm³/mol. The summed E-state index contributed by atoms with van der Waals surface area (Å²) >= 11 is 0. The van der Waals surface area contributed by atoms with Crippen LogP contribution in [0.2, 0.25) is 0 Å². The van der Waals surface area contributed by atoms with E-state index in [9.17, 15) is 9.59 Å². The Hall–Kier alpha value is -2.77. The average Bonchev–Trinajstić information content (AvgIpc) is 3.06. The molecule has 1 aromatic heterocycles. The second kappa shape index (κ2) is 6.60. The topological polar surface area (TPSA) is 101 Å². The molecule has 1 amide bonds. The molecule has 1 aromatic carbocycles. The van der Waals surface area contributed by atoms with E-state index in [0.29, 0.717) is 23.5 Å². The summed E-state index contributed by atoms with van der Waals surface area (Å²) in [7, 11) is 1.29. The minimum atomic E-state index is -0.459. The van der Waals surface area contributed by atoms with Crippen LogP contribution in [0.5, 0.6) is 0 Å². The Labute approximate surface area is 121 Å². The van der Waals surface area contributed by atoms with Gasteiger partial charge in [-0.25, -0.2) is 0 Å². The highest BCUT2D eigenvalue weighted by Crippen LogP contribution is 2.16. The van der Waals surface area contributed by atoms with Gasteiger partial charge in [-0.3, -0.25) is 9.59 Å². The molecule has 0 fully saturated rings. The van der Waals surface area contributed by atoms with Crippen LogP contribution < -0.4 is 0 Å². The number of esters is 1. The fraction of sp³-hybridized carbons (Fsp3) is 0.308. The highest BCUT2D eigenvalue weighted by atomic mass is 16.5. The van der Waals surface area contributed by atoms with E-state index in [2.05, 4.69) is 25.4 Å². The summed E-state index contributed by atoms with van der Waals surface area (Å²) in [5, 5.41) is 13.6. The standard InChI is InChI=1S/C13H15N5O3/c1-3-18(8-11(19)21-2)13(20)10-6-4-5-9(7-10)12-14-16-17-15-12/h4-7H,3,8H2,1-2H3,(H,14,15,16,17). The van der Waals surface area contributed by atoms with Crippen LogP contribution in [0, 0.1) is 0 Å². The lowest BCUT2D eigenvalue weighted by Gasteiger charge is -2.19. The lowest BCUT2D eigenvalue weighted by Crippen LogP contribution is -2.36. The number of rotatable bonds is 5. The Morgan fingerprint density at radius 3 is 2.81 bits per heavy atom. The number of hydrogen-bond acceptors (Lipinski definition) is 6. The number of tetrazole rings is 1. The van der Waals surface area contributed by atoms with Crippen LogP contribution in [0.3, 0.4) is 0 Å². The molecule has 2 aromatic rings. The van der Waals surface area contributed by atoms with Gasteiger partial charge in [0.05, 0.1) is 7.11 Å². The van der Waals surface area contributed by atoms with Gasteiger partial charge in [0.25, 0.3) is 5.91 Å². The van der Waals surface area contributed by atoms with Crippen molar-refractivity contribution in [3.05, 3.63) is 29.8 Å². The van der Waals surface area contributed by atoms with Crippen LogP contribution in [0.25, 0.3) is 11.4 Å². The lowest BCUT2D eigenvalue weighted by molar-refractivity contribution is -0.141. The summed E-state index contributed by atoms with van der Waals surface area (Å²) < 4.78 is 4.59. The zero-order valence-corrected chi connectivity index (χ0v) is 11.7. The third-order valence-electron chi connectivity index (χ3n) is 2.93. The number of amides is 1. The number of carbonyl (C=O) groups excluding carboxylic acids is 2. The fourth-order valence-electron chi connectivity index (χ4n) is 1.81. The summed E-state index contributed by atoms with van der Waals surface area (Å²) in [6, 6.07) is 6.84. The molecule has 0 aliphatic carbocycles. The molecule has 0 aliphatic rings. The first-order chi connectivity index (χ1) is 10.2. The number of likely N-dealkylation sites (N-methyl/N-ethyl adjacent to an activating group) is 1. The average molecular weight is 289 g/mol. The Morgan fingerprint density at radius 1 is 1.38 bits per heavy atom. The van der Waals surface area contributed by atoms with E-state index in [-0.39, 0.29) is 12.5 Å². The number of aromatic amines is 1. The number of nitrogens with one attached hydrogen (secondary N) is 1. The zero-order chi connectivity index (χ0) is 15.2. The molecule has 2 rings (SSSR count). The first-order valence-electron chi connectivity index (χ1n) is 6.35. The third kappa shape index (κ3) is 3.41. The molecular weight excluding hydrogens is 274 g/mol. The largest absolute Gasteiger partial charge is 0.468 e. The van der Waals surface area contributed by atoms with Crippen LogP contribution in [-0.2, 0) is 9.53 Å². The number of nitrogens with zero attached hydrogens (tertiary/aromatic N) is 4. The third-order valence-corrected chi connectivity index (χ3v) is 2.93. The van der Waals surface area contributed by atoms with Crippen molar-refractivity contribution in [3.8, 4) is 11.4 Å². The van der Waals surface area contributed by atoms with Gasteiger partial charge in [-0.1, -0.05) is 12.1 Å². The summed E-state index contributed by atoms with van der Waals surface area (Å²) in [5.41, 5.74) is 1.12. The molecule has 1 N–H and O–H groups in total. The first kappa shape index (κ1) is 14.6. The van der Waals surface area contributed by atoms with E-state index in [1.54, 1.807) is 31.2 Å². The number of methoxy groups -OCH3 is 1. The van der Waals surface area contributed by atoms with E-state index in [4.69, 9.17) is 0 Å². The van der Waals surface area contributed by atoms with Crippen molar-refractivity contribution in [1.82, 2.24) is 25.5 Å². The fourth-order valence-corrected chi connectivity index (χ4v) is 1.81. The number of H-pyrrole nitrogens is 1. The van der Waals surface area contributed by atoms with E-state index in [1.165, 1.54) is 12.0 Å². The zero-order valence-electron chi connectivity index (χ0n) is 11.7. The molecule has 0 radical (unpaired) electrons. The number of aromatic nitrogens is 4. The molecule has 21 heavy (non-hydrogen) atoms. The molecule has 8 nitrogen and oxygen atoms in total. The normalized spacial score (nSPS) is 10.2. The smallest absolute Gasteiger partial charge is 0.325 e. The van der Waals surface area contributed by atoms with Crippen molar-refractivity contribution in [2.24, 2.45) is 0 Å². The number of hydrogen-bond donors (Lipinski definition) is 1. The summed E-state index contributed by atoms with van der Waals surface area (Å²) in [5.74, 6) is -0.312. The first-order valence-corrected chi connectivity index (χ1v) is 6.35. The summed E-state index contributed by atoms with van der Waals surface area (Å²) in [6.45, 7) is 2.11. The Bertz CT molecular complexity index is 626. The molecule has 8 heteroatoms. The van der Waals surface area contributed by atoms with E-state index < -0.39 is 5.97 Å². The highest BCUT2D eigenvalue weighted by molar-refractivity contribution is 5.96. The quantitative estimate of drug-likeness (QED) is 0.804. The number of carbonyl (C=O) groups is 2. The minimum absolute atomic E-state index is 0.0850. The predicted octanol–water partition coefficient (Wildman–Crippen LogP) is 0.502. The molecule has 0 unspecified atom stereocenters. The van der Waals surface area contributed by atoms with Crippen molar-refractivity contribution in [1.29, 1.82) is 0 Å². The van der Waals surface area contributed by atoms with Gasteiger partial charge in [0.2, 0.25) is 5.82 Å². The molecule has 110 valence electrons. The van der Waals surface area contributed by atoms with Gasteiger partial charge in [-0.05, 0) is 24.3 Å². The van der Waals surface area contributed by atoms with Crippen molar-refractivity contribution < 1.29 is 14.3 Å². The maximum absolute atomic E-state index is 12.4. The lowest BCUT2D eigenvalue weighted by atomic mass is 10.1. The minimum Gasteiger partial charge on any atom is -0.468 e. The Morgan fingerprint density at radius 2 is 2.19 bits per heavy atom. The second-order valence-electron chi connectivity index (χ2n) is 4.21. The molecule has 0 bridgehead atoms. The van der Waals surface area contributed by atoms with Gasteiger partial charge in [0.15, 0.2) is 0 Å².